The fourth-order valence-corrected chi connectivity index (χ4v) is 2.40. The second-order valence-corrected chi connectivity index (χ2v) is 5.38. The molecule has 1 atom stereocenters. The van der Waals surface area contributed by atoms with E-state index < -0.39 is 0 Å². The van der Waals surface area contributed by atoms with Gasteiger partial charge in [0.25, 0.3) is 0 Å². The summed E-state index contributed by atoms with van der Waals surface area (Å²) < 4.78 is 6.32. The second-order valence-electron chi connectivity index (χ2n) is 5.38. The van der Waals surface area contributed by atoms with E-state index in [1.54, 1.807) is 7.11 Å². The highest BCUT2D eigenvalue weighted by atomic mass is 16.7. The molecule has 0 unspecified atom stereocenters. The van der Waals surface area contributed by atoms with Gasteiger partial charge in [0.15, 0.2) is 0 Å². The van der Waals surface area contributed by atoms with Gasteiger partial charge in [0, 0.05) is 6.54 Å². The van der Waals surface area contributed by atoms with Gasteiger partial charge in [-0.1, -0.05) is 49.4 Å². The zero-order valence-electron chi connectivity index (χ0n) is 13.9. The van der Waals surface area contributed by atoms with Crippen LogP contribution in [-0.4, -0.2) is 25.3 Å². The number of hydrogen-bond donors (Lipinski definition) is 0. The minimum Gasteiger partial charge on any atom is -0.484 e. The number of benzene rings is 2. The third-order valence-corrected chi connectivity index (χ3v) is 3.98. The molecule has 0 saturated heterocycles. The highest BCUT2D eigenvalue weighted by molar-refractivity contribution is 5.38. The van der Waals surface area contributed by atoms with Crippen LogP contribution in [0.2, 0.25) is 0 Å². The summed E-state index contributed by atoms with van der Waals surface area (Å²) in [4.78, 5) is 5.40. The van der Waals surface area contributed by atoms with E-state index in [0.717, 1.165) is 17.9 Å². The molecule has 3 heteroatoms. The first-order valence-electron chi connectivity index (χ1n) is 7.72. The van der Waals surface area contributed by atoms with Crippen molar-refractivity contribution in [2.75, 3.05) is 20.2 Å². The lowest BCUT2D eigenvalue weighted by atomic mass is 10.1. The summed E-state index contributed by atoms with van der Waals surface area (Å²) in [6, 6.07) is 16.5. The van der Waals surface area contributed by atoms with Crippen molar-refractivity contribution in [1.29, 1.82) is 0 Å². The molecule has 2 aromatic carbocycles. The molecule has 22 heavy (non-hydrogen) atoms. The minimum atomic E-state index is -0.0680. The third-order valence-electron chi connectivity index (χ3n) is 3.98. The Kier molecular flexibility index (Phi) is 5.99. The van der Waals surface area contributed by atoms with Crippen LogP contribution in [0.4, 0.5) is 0 Å². The van der Waals surface area contributed by atoms with Gasteiger partial charge >= 0.3 is 0 Å². The van der Waals surface area contributed by atoms with Gasteiger partial charge in [0.2, 0.25) is 0 Å². The molecule has 0 saturated carbocycles. The van der Waals surface area contributed by atoms with Crippen LogP contribution in [0.15, 0.2) is 48.5 Å². The molecule has 0 bridgehead atoms. The second kappa shape index (κ2) is 7.97. The largest absolute Gasteiger partial charge is 0.484 e. The van der Waals surface area contributed by atoms with Crippen molar-refractivity contribution in [2.24, 2.45) is 0 Å². The van der Waals surface area contributed by atoms with Crippen LogP contribution in [0.1, 0.15) is 29.7 Å². The highest BCUT2D eigenvalue weighted by Crippen LogP contribution is 2.27. The molecule has 2 rings (SSSR count). The quantitative estimate of drug-likeness (QED) is 0.711. The molecule has 0 aliphatic rings. The fraction of sp³-hybridized carbons (Fsp3) is 0.368. The van der Waals surface area contributed by atoms with E-state index >= 15 is 0 Å². The number of hydrogen-bond acceptors (Lipinski definition) is 3. The van der Waals surface area contributed by atoms with Crippen LogP contribution < -0.4 is 4.74 Å². The van der Waals surface area contributed by atoms with Crippen LogP contribution in [-0.2, 0) is 4.84 Å². The number of aryl methyl sites for hydroxylation is 1. The number of rotatable bonds is 7. The molecule has 0 amide bonds. The number of likely N-dealkylation sites (N-methyl/N-ethyl adjacent to an activating group) is 1. The zero-order chi connectivity index (χ0) is 15.9. The van der Waals surface area contributed by atoms with E-state index in [2.05, 4.69) is 39.0 Å². The third kappa shape index (κ3) is 4.09. The topological polar surface area (TPSA) is 21.7 Å². The molecule has 0 aromatic heterocycles. The first-order valence-corrected chi connectivity index (χ1v) is 7.72. The highest BCUT2D eigenvalue weighted by Gasteiger charge is 2.18. The molecule has 0 aliphatic heterocycles. The van der Waals surface area contributed by atoms with E-state index in [-0.39, 0.29) is 6.10 Å². The van der Waals surface area contributed by atoms with Crippen LogP contribution in [0, 0.1) is 13.8 Å². The Hall–Kier alpha value is -1.84. The first kappa shape index (κ1) is 16.5. The lowest BCUT2D eigenvalue weighted by Gasteiger charge is -2.26. The smallest absolute Gasteiger partial charge is 0.139 e. The molecular formula is C19H25NO2. The van der Waals surface area contributed by atoms with Crippen LogP contribution in [0.3, 0.4) is 0 Å². The fourth-order valence-electron chi connectivity index (χ4n) is 2.40. The van der Waals surface area contributed by atoms with Crippen LogP contribution >= 0.6 is 0 Å². The maximum atomic E-state index is 6.32. The Morgan fingerprint density at radius 1 is 1.00 bits per heavy atom. The molecular weight excluding hydrogens is 274 g/mol. The Morgan fingerprint density at radius 2 is 1.73 bits per heavy atom. The van der Waals surface area contributed by atoms with Crippen molar-refractivity contribution in [3.8, 4) is 5.75 Å². The molecule has 3 nitrogen and oxygen atoms in total. The van der Waals surface area contributed by atoms with Crippen LogP contribution in [0.5, 0.6) is 5.75 Å². The minimum absolute atomic E-state index is 0.0680. The monoisotopic (exact) mass is 299 g/mol. The zero-order valence-corrected chi connectivity index (χ0v) is 13.9. The lowest BCUT2D eigenvalue weighted by Crippen LogP contribution is -2.30. The molecule has 0 aliphatic carbocycles. The molecule has 118 valence electrons. The maximum absolute atomic E-state index is 6.32. The SMILES string of the molecule is CCN(C[C@@H](Oc1cccc(C)c1C)c1ccccc1)OC. The first-order chi connectivity index (χ1) is 10.7. The standard InChI is InChI=1S/C19H25NO2/c1-5-20(21-4)14-19(17-11-7-6-8-12-17)22-18-13-9-10-15(2)16(18)3/h6-13,19H,5,14H2,1-4H3/t19-/m1/s1. The van der Waals surface area contributed by atoms with Gasteiger partial charge in [0.1, 0.15) is 11.9 Å². The predicted molar refractivity (Wildman–Crippen MR) is 90.0 cm³/mol. The molecule has 0 spiro atoms. The average Bonchev–Trinajstić information content (AvgIpc) is 2.56. The summed E-state index contributed by atoms with van der Waals surface area (Å²) >= 11 is 0. The summed E-state index contributed by atoms with van der Waals surface area (Å²) in [5.74, 6) is 0.931. The van der Waals surface area contributed by atoms with Gasteiger partial charge in [-0.2, -0.15) is 5.06 Å². The molecule has 0 fully saturated rings. The van der Waals surface area contributed by atoms with Gasteiger partial charge in [0.05, 0.1) is 13.7 Å². The van der Waals surface area contributed by atoms with Crippen molar-refractivity contribution in [1.82, 2.24) is 5.06 Å². The Bertz CT molecular complexity index is 579. The lowest BCUT2D eigenvalue weighted by molar-refractivity contribution is -0.142. The van der Waals surface area contributed by atoms with Crippen molar-refractivity contribution in [3.05, 3.63) is 65.2 Å². The van der Waals surface area contributed by atoms with E-state index in [4.69, 9.17) is 9.57 Å². The van der Waals surface area contributed by atoms with Gasteiger partial charge in [-0.05, 0) is 36.6 Å². The van der Waals surface area contributed by atoms with E-state index in [1.807, 2.05) is 35.4 Å². The summed E-state index contributed by atoms with van der Waals surface area (Å²) in [6.45, 7) is 7.78. The normalized spacial score (nSPS) is 12.4. The average molecular weight is 299 g/mol. The van der Waals surface area contributed by atoms with Gasteiger partial charge in [-0.15, -0.1) is 0 Å². The van der Waals surface area contributed by atoms with Crippen molar-refractivity contribution < 1.29 is 9.57 Å². The molecule has 2 aromatic rings. The van der Waals surface area contributed by atoms with Crippen LogP contribution in [0.25, 0.3) is 0 Å². The summed E-state index contributed by atoms with van der Waals surface area (Å²) in [5, 5.41) is 1.91. The van der Waals surface area contributed by atoms with E-state index in [9.17, 15) is 0 Å². The Labute approximate surface area is 133 Å². The number of hydroxylamine groups is 2. The van der Waals surface area contributed by atoms with Crippen molar-refractivity contribution in [2.45, 2.75) is 26.9 Å². The number of ether oxygens (including phenoxy) is 1. The van der Waals surface area contributed by atoms with Crippen molar-refractivity contribution >= 4 is 0 Å². The van der Waals surface area contributed by atoms with Gasteiger partial charge < -0.3 is 9.57 Å². The summed E-state index contributed by atoms with van der Waals surface area (Å²) in [7, 11) is 1.70. The maximum Gasteiger partial charge on any atom is 0.139 e. The predicted octanol–water partition coefficient (Wildman–Crippen LogP) is 4.31. The molecule has 0 radical (unpaired) electrons. The summed E-state index contributed by atoms with van der Waals surface area (Å²) in [5.41, 5.74) is 3.58. The van der Waals surface area contributed by atoms with Gasteiger partial charge in [-0.3, -0.25) is 0 Å². The molecule has 0 N–H and O–H groups in total. The number of nitrogens with zero attached hydrogens (tertiary/aromatic N) is 1. The van der Waals surface area contributed by atoms with Gasteiger partial charge in [-0.25, -0.2) is 0 Å². The summed E-state index contributed by atoms with van der Waals surface area (Å²) in [6.07, 6.45) is -0.0680. The molecule has 0 heterocycles. The van der Waals surface area contributed by atoms with Crippen molar-refractivity contribution in [3.63, 3.8) is 0 Å². The van der Waals surface area contributed by atoms with E-state index in [0.29, 0.717) is 6.54 Å². The Balaban J connectivity index is 2.26. The van der Waals surface area contributed by atoms with E-state index in [1.165, 1.54) is 11.1 Å². The Morgan fingerprint density at radius 3 is 2.36 bits per heavy atom.